The quantitative estimate of drug-likeness (QED) is 0.800. The number of imidazole rings is 1. The number of piperazine rings is 1. The summed E-state index contributed by atoms with van der Waals surface area (Å²) in [5, 5.41) is 0.136. The summed E-state index contributed by atoms with van der Waals surface area (Å²) in [7, 11) is -3.46. The molecule has 1 aromatic rings. The van der Waals surface area contributed by atoms with Crippen molar-refractivity contribution in [3.8, 4) is 12.3 Å². The minimum Gasteiger partial charge on any atom is -0.335 e. The first-order chi connectivity index (χ1) is 8.88. The van der Waals surface area contributed by atoms with E-state index in [0.717, 1.165) is 0 Å². The van der Waals surface area contributed by atoms with Crippen molar-refractivity contribution in [3.05, 3.63) is 12.5 Å². The van der Waals surface area contributed by atoms with E-state index in [1.54, 1.807) is 0 Å². The Morgan fingerprint density at radius 1 is 1.37 bits per heavy atom. The van der Waals surface area contributed by atoms with E-state index in [4.69, 9.17) is 6.42 Å². The van der Waals surface area contributed by atoms with E-state index in [9.17, 15) is 8.42 Å². The lowest BCUT2D eigenvalue weighted by molar-refractivity contribution is 0.117. The third-order valence-corrected chi connectivity index (χ3v) is 5.30. The molecule has 0 atom stereocenters. The van der Waals surface area contributed by atoms with Crippen LogP contribution in [0, 0.1) is 12.3 Å². The van der Waals surface area contributed by atoms with Crippen molar-refractivity contribution in [2.75, 3.05) is 26.2 Å². The van der Waals surface area contributed by atoms with Gasteiger partial charge in [-0.1, -0.05) is 5.92 Å². The molecular weight excluding hydrogens is 264 g/mol. The van der Waals surface area contributed by atoms with Gasteiger partial charge < -0.3 is 4.98 Å². The monoisotopic (exact) mass is 282 g/mol. The number of hydrogen-bond acceptors (Lipinski definition) is 4. The van der Waals surface area contributed by atoms with E-state index in [2.05, 4.69) is 20.8 Å². The number of aromatic amines is 1. The van der Waals surface area contributed by atoms with Crippen molar-refractivity contribution in [2.24, 2.45) is 0 Å². The molecule has 1 aliphatic heterocycles. The van der Waals surface area contributed by atoms with Crippen LogP contribution in [0.1, 0.15) is 13.8 Å². The van der Waals surface area contributed by atoms with Crippen LogP contribution in [-0.2, 0) is 10.0 Å². The number of nitrogens with zero attached hydrogens (tertiary/aromatic N) is 3. The Morgan fingerprint density at radius 2 is 2.00 bits per heavy atom. The van der Waals surface area contributed by atoms with E-state index < -0.39 is 10.0 Å². The standard InChI is InChI=1S/C12H18N4O2S/c1-4-12(2,3)15-5-7-16(8-6-15)19(17,18)11-9-13-10-14-11/h1,9-10H,5-8H2,2-3H3,(H,13,14). The van der Waals surface area contributed by atoms with Gasteiger partial charge in [-0.2, -0.15) is 4.31 Å². The Labute approximate surface area is 113 Å². The van der Waals surface area contributed by atoms with Crippen LogP contribution in [-0.4, -0.2) is 59.3 Å². The summed E-state index contributed by atoms with van der Waals surface area (Å²) < 4.78 is 26.0. The van der Waals surface area contributed by atoms with Crippen LogP contribution < -0.4 is 0 Å². The number of sulfonamides is 1. The van der Waals surface area contributed by atoms with E-state index >= 15 is 0 Å². The fourth-order valence-electron chi connectivity index (χ4n) is 2.10. The molecule has 104 valence electrons. The highest BCUT2D eigenvalue weighted by Crippen LogP contribution is 2.19. The van der Waals surface area contributed by atoms with Gasteiger partial charge in [0.15, 0.2) is 5.03 Å². The second-order valence-electron chi connectivity index (χ2n) is 5.01. The van der Waals surface area contributed by atoms with Gasteiger partial charge in [0.1, 0.15) is 0 Å². The molecule has 0 aromatic carbocycles. The number of hydrogen-bond donors (Lipinski definition) is 1. The molecule has 1 saturated heterocycles. The van der Waals surface area contributed by atoms with Crippen LogP contribution in [0.4, 0.5) is 0 Å². The molecular formula is C12H18N4O2S. The van der Waals surface area contributed by atoms with Gasteiger partial charge in [-0.05, 0) is 13.8 Å². The minimum atomic E-state index is -3.46. The Bertz CT molecular complexity index is 563. The van der Waals surface area contributed by atoms with Gasteiger partial charge in [-0.3, -0.25) is 4.90 Å². The first kappa shape index (κ1) is 14.1. The lowest BCUT2D eigenvalue weighted by Gasteiger charge is -2.40. The van der Waals surface area contributed by atoms with Crippen LogP contribution in [0.25, 0.3) is 0 Å². The largest absolute Gasteiger partial charge is 0.335 e. The molecule has 0 amide bonds. The molecule has 7 heteroatoms. The lowest BCUT2D eigenvalue weighted by Crippen LogP contribution is -2.55. The van der Waals surface area contributed by atoms with Crippen LogP contribution in [0.5, 0.6) is 0 Å². The summed E-state index contributed by atoms with van der Waals surface area (Å²) in [6, 6.07) is 0. The van der Waals surface area contributed by atoms with Crippen molar-refractivity contribution in [3.63, 3.8) is 0 Å². The summed E-state index contributed by atoms with van der Waals surface area (Å²) in [5.41, 5.74) is -0.343. The molecule has 1 aliphatic rings. The average Bonchev–Trinajstić information content (AvgIpc) is 2.93. The number of aromatic nitrogens is 2. The molecule has 2 rings (SSSR count). The molecule has 0 unspecified atom stereocenters. The fourth-order valence-corrected chi connectivity index (χ4v) is 3.42. The molecule has 0 spiro atoms. The average molecular weight is 282 g/mol. The highest BCUT2D eigenvalue weighted by atomic mass is 32.2. The highest BCUT2D eigenvalue weighted by Gasteiger charge is 2.33. The maximum absolute atomic E-state index is 12.3. The number of H-pyrrole nitrogens is 1. The van der Waals surface area contributed by atoms with Gasteiger partial charge in [-0.25, -0.2) is 13.4 Å². The first-order valence-electron chi connectivity index (χ1n) is 6.09. The number of nitrogens with one attached hydrogen (secondary N) is 1. The minimum absolute atomic E-state index is 0.136. The van der Waals surface area contributed by atoms with Crippen LogP contribution in [0.2, 0.25) is 0 Å². The third-order valence-electron chi connectivity index (χ3n) is 3.47. The molecule has 0 radical (unpaired) electrons. The maximum atomic E-state index is 12.3. The van der Waals surface area contributed by atoms with E-state index in [0.29, 0.717) is 26.2 Å². The maximum Gasteiger partial charge on any atom is 0.260 e. The third kappa shape index (κ3) is 2.66. The second kappa shape index (κ2) is 4.96. The summed E-state index contributed by atoms with van der Waals surface area (Å²) in [5.74, 6) is 2.73. The summed E-state index contributed by atoms with van der Waals surface area (Å²) >= 11 is 0. The summed E-state index contributed by atoms with van der Waals surface area (Å²) in [4.78, 5) is 8.51. The van der Waals surface area contributed by atoms with Crippen molar-refractivity contribution < 1.29 is 8.42 Å². The molecule has 19 heavy (non-hydrogen) atoms. The molecule has 1 fully saturated rings. The van der Waals surface area contributed by atoms with Crippen LogP contribution in [0.3, 0.4) is 0 Å². The SMILES string of the molecule is C#CC(C)(C)N1CCN(S(=O)(=O)c2cnc[nH]2)CC1. The molecule has 1 aromatic heterocycles. The van der Waals surface area contributed by atoms with Crippen molar-refractivity contribution in [1.82, 2.24) is 19.2 Å². The normalized spacial score (nSPS) is 19.2. The topological polar surface area (TPSA) is 69.3 Å². The van der Waals surface area contributed by atoms with Gasteiger partial charge in [0.25, 0.3) is 10.0 Å². The summed E-state index contributed by atoms with van der Waals surface area (Å²) in [6.45, 7) is 6.06. The smallest absolute Gasteiger partial charge is 0.260 e. The molecule has 2 heterocycles. The van der Waals surface area contributed by atoms with Crippen molar-refractivity contribution in [2.45, 2.75) is 24.4 Å². The van der Waals surface area contributed by atoms with E-state index in [1.165, 1.54) is 16.8 Å². The molecule has 0 saturated carbocycles. The fraction of sp³-hybridized carbons (Fsp3) is 0.583. The zero-order valence-corrected chi connectivity index (χ0v) is 11.9. The van der Waals surface area contributed by atoms with E-state index in [-0.39, 0.29) is 10.6 Å². The summed E-state index contributed by atoms with van der Waals surface area (Å²) in [6.07, 6.45) is 8.19. The van der Waals surface area contributed by atoms with Gasteiger partial charge in [-0.15, -0.1) is 6.42 Å². The predicted octanol–water partition coefficient (Wildman–Crippen LogP) is 0.128. The van der Waals surface area contributed by atoms with Crippen molar-refractivity contribution >= 4 is 10.0 Å². The Kier molecular flexibility index (Phi) is 3.67. The first-order valence-corrected chi connectivity index (χ1v) is 7.53. The molecule has 0 bridgehead atoms. The van der Waals surface area contributed by atoms with Gasteiger partial charge >= 0.3 is 0 Å². The highest BCUT2D eigenvalue weighted by molar-refractivity contribution is 7.89. The second-order valence-corrected chi connectivity index (χ2v) is 6.92. The van der Waals surface area contributed by atoms with Crippen LogP contribution in [0.15, 0.2) is 17.6 Å². The zero-order chi connectivity index (χ0) is 14.1. The Hall–Kier alpha value is -1.36. The van der Waals surface area contributed by atoms with Gasteiger partial charge in [0.2, 0.25) is 0 Å². The number of terminal acetylenes is 1. The Balaban J connectivity index is 2.08. The Morgan fingerprint density at radius 3 is 2.47 bits per heavy atom. The van der Waals surface area contributed by atoms with Crippen molar-refractivity contribution in [1.29, 1.82) is 0 Å². The van der Waals surface area contributed by atoms with E-state index in [1.807, 2.05) is 13.8 Å². The molecule has 6 nitrogen and oxygen atoms in total. The zero-order valence-electron chi connectivity index (χ0n) is 11.1. The van der Waals surface area contributed by atoms with Crippen LogP contribution >= 0.6 is 0 Å². The predicted molar refractivity (Wildman–Crippen MR) is 71.8 cm³/mol. The number of rotatable bonds is 3. The molecule has 1 N–H and O–H groups in total. The lowest BCUT2D eigenvalue weighted by atomic mass is 10.0. The van der Waals surface area contributed by atoms with Gasteiger partial charge in [0, 0.05) is 26.2 Å². The van der Waals surface area contributed by atoms with Gasteiger partial charge in [0.05, 0.1) is 18.1 Å². The molecule has 0 aliphatic carbocycles.